The number of hydrogen-bond donors (Lipinski definition) is 0. The Bertz CT molecular complexity index is 522. The van der Waals surface area contributed by atoms with Crippen molar-refractivity contribution in [2.24, 2.45) is 5.41 Å². The van der Waals surface area contributed by atoms with Gasteiger partial charge in [0, 0.05) is 26.7 Å². The van der Waals surface area contributed by atoms with Crippen molar-refractivity contribution >= 4 is 11.8 Å². The van der Waals surface area contributed by atoms with E-state index in [0.717, 1.165) is 5.56 Å². The molecule has 0 N–H and O–H groups in total. The van der Waals surface area contributed by atoms with Crippen LogP contribution in [-0.2, 0) is 20.9 Å². The van der Waals surface area contributed by atoms with Crippen LogP contribution in [0.5, 0.6) is 0 Å². The van der Waals surface area contributed by atoms with Crippen LogP contribution < -0.4 is 0 Å². The van der Waals surface area contributed by atoms with Gasteiger partial charge in [0.15, 0.2) is 0 Å². The van der Waals surface area contributed by atoms with Gasteiger partial charge in [0.2, 0.25) is 11.8 Å². The van der Waals surface area contributed by atoms with E-state index in [-0.39, 0.29) is 11.8 Å². The van der Waals surface area contributed by atoms with Crippen molar-refractivity contribution in [3.8, 4) is 0 Å². The first-order valence-corrected chi connectivity index (χ1v) is 7.59. The van der Waals surface area contributed by atoms with E-state index >= 15 is 0 Å². The Balaban J connectivity index is 2.03. The fraction of sp³-hybridized carbons (Fsp3) is 0.529. The lowest BCUT2D eigenvalue weighted by Crippen LogP contribution is -2.52. The maximum Gasteiger partial charge on any atom is 0.237 e. The second kappa shape index (κ2) is 6.92. The van der Waals surface area contributed by atoms with Gasteiger partial charge in [-0.1, -0.05) is 30.3 Å². The topological polar surface area (TPSA) is 49.9 Å². The summed E-state index contributed by atoms with van der Waals surface area (Å²) in [5, 5.41) is 0. The molecule has 0 radical (unpaired) electrons. The number of hydrogen-bond acceptors (Lipinski definition) is 3. The third kappa shape index (κ3) is 3.65. The Morgan fingerprint density at radius 3 is 2.36 bits per heavy atom. The molecular weight excluding hydrogens is 280 g/mol. The van der Waals surface area contributed by atoms with E-state index < -0.39 is 5.41 Å². The molecule has 22 heavy (non-hydrogen) atoms. The minimum atomic E-state index is -1.05. The third-order valence-corrected chi connectivity index (χ3v) is 3.98. The van der Waals surface area contributed by atoms with Crippen LogP contribution in [0.2, 0.25) is 0 Å². The zero-order chi connectivity index (χ0) is 16.2. The molecule has 1 aliphatic heterocycles. The molecule has 1 aromatic rings. The Kier molecular flexibility index (Phi) is 5.19. The first-order valence-electron chi connectivity index (χ1n) is 7.59. The van der Waals surface area contributed by atoms with Crippen LogP contribution in [0.25, 0.3) is 0 Å². The number of benzene rings is 1. The van der Waals surface area contributed by atoms with E-state index in [9.17, 15) is 9.59 Å². The number of carbonyl (C=O) groups is 2. The average molecular weight is 304 g/mol. The first-order chi connectivity index (χ1) is 10.4. The Hall–Kier alpha value is -1.88. The van der Waals surface area contributed by atoms with Crippen LogP contribution in [0, 0.1) is 5.41 Å². The largest absolute Gasteiger partial charge is 0.378 e. The minimum absolute atomic E-state index is 0.124. The summed E-state index contributed by atoms with van der Waals surface area (Å²) in [6.07, 6.45) is 0. The molecule has 1 aromatic carbocycles. The van der Waals surface area contributed by atoms with E-state index in [1.54, 1.807) is 30.7 Å². The molecule has 0 unspecified atom stereocenters. The Morgan fingerprint density at radius 1 is 1.18 bits per heavy atom. The molecule has 120 valence electrons. The molecular formula is C17H24N2O3. The number of rotatable bonds is 4. The van der Waals surface area contributed by atoms with Crippen LogP contribution in [0.4, 0.5) is 0 Å². The highest BCUT2D eigenvalue weighted by atomic mass is 16.5. The highest BCUT2D eigenvalue weighted by Crippen LogP contribution is 2.23. The summed E-state index contributed by atoms with van der Waals surface area (Å²) in [6, 6.07) is 9.77. The zero-order valence-corrected chi connectivity index (χ0v) is 13.5. The van der Waals surface area contributed by atoms with E-state index in [1.165, 1.54) is 0 Å². The molecule has 5 heteroatoms. The van der Waals surface area contributed by atoms with Gasteiger partial charge < -0.3 is 14.5 Å². The van der Waals surface area contributed by atoms with Gasteiger partial charge in [0.1, 0.15) is 5.41 Å². The molecule has 0 atom stereocenters. The molecule has 1 heterocycles. The summed E-state index contributed by atoms with van der Waals surface area (Å²) in [5.41, 5.74) is -0.00564. The molecule has 2 rings (SSSR count). The molecule has 0 bridgehead atoms. The van der Waals surface area contributed by atoms with E-state index in [4.69, 9.17) is 4.74 Å². The number of amides is 2. The van der Waals surface area contributed by atoms with Crippen LogP contribution in [0.3, 0.4) is 0 Å². The molecule has 1 saturated heterocycles. The van der Waals surface area contributed by atoms with Crippen LogP contribution in [0.15, 0.2) is 30.3 Å². The van der Waals surface area contributed by atoms with Crippen molar-refractivity contribution in [1.29, 1.82) is 0 Å². The SMILES string of the molecule is CN(Cc1ccccc1)C(=O)C(C)(C)C(=O)N1CCOCC1. The lowest BCUT2D eigenvalue weighted by Gasteiger charge is -2.35. The maximum atomic E-state index is 12.7. The Labute approximate surface area is 131 Å². The predicted octanol–water partition coefficient (Wildman–Crippen LogP) is 1.53. The second-order valence-corrected chi connectivity index (χ2v) is 6.18. The van der Waals surface area contributed by atoms with Gasteiger partial charge >= 0.3 is 0 Å². The molecule has 0 spiro atoms. The number of nitrogens with zero attached hydrogens (tertiary/aromatic N) is 2. The molecule has 1 fully saturated rings. The quantitative estimate of drug-likeness (QED) is 0.793. The van der Waals surface area contributed by atoms with E-state index in [0.29, 0.717) is 32.8 Å². The van der Waals surface area contributed by atoms with Crippen molar-refractivity contribution < 1.29 is 14.3 Å². The average Bonchev–Trinajstić information content (AvgIpc) is 2.55. The molecule has 5 nitrogen and oxygen atoms in total. The van der Waals surface area contributed by atoms with Crippen molar-refractivity contribution in [3.63, 3.8) is 0 Å². The smallest absolute Gasteiger partial charge is 0.237 e. The maximum absolute atomic E-state index is 12.7. The van der Waals surface area contributed by atoms with Gasteiger partial charge in [-0.15, -0.1) is 0 Å². The van der Waals surface area contributed by atoms with Crippen molar-refractivity contribution in [2.45, 2.75) is 20.4 Å². The van der Waals surface area contributed by atoms with Gasteiger partial charge in [-0.3, -0.25) is 9.59 Å². The van der Waals surface area contributed by atoms with Gasteiger partial charge in [-0.2, -0.15) is 0 Å². The third-order valence-electron chi connectivity index (χ3n) is 3.98. The highest BCUT2D eigenvalue weighted by Gasteiger charge is 2.41. The summed E-state index contributed by atoms with van der Waals surface area (Å²) < 4.78 is 5.26. The van der Waals surface area contributed by atoms with Gasteiger partial charge in [-0.25, -0.2) is 0 Å². The lowest BCUT2D eigenvalue weighted by molar-refractivity contribution is -0.156. The van der Waals surface area contributed by atoms with Gasteiger partial charge in [-0.05, 0) is 19.4 Å². The van der Waals surface area contributed by atoms with E-state index in [1.807, 2.05) is 30.3 Å². The second-order valence-electron chi connectivity index (χ2n) is 6.18. The lowest BCUT2D eigenvalue weighted by atomic mass is 9.89. The van der Waals surface area contributed by atoms with Crippen LogP contribution in [-0.4, -0.2) is 55.0 Å². The van der Waals surface area contributed by atoms with Crippen LogP contribution >= 0.6 is 0 Å². The van der Waals surface area contributed by atoms with Crippen LogP contribution in [0.1, 0.15) is 19.4 Å². The number of morpholine rings is 1. The minimum Gasteiger partial charge on any atom is -0.378 e. The molecule has 1 aliphatic rings. The van der Waals surface area contributed by atoms with Crippen molar-refractivity contribution in [2.75, 3.05) is 33.4 Å². The first kappa shape index (κ1) is 16.5. The molecule has 2 amide bonds. The highest BCUT2D eigenvalue weighted by molar-refractivity contribution is 6.04. The standard InChI is InChI=1S/C17H24N2O3/c1-17(2,16(21)19-9-11-22-12-10-19)15(20)18(3)13-14-7-5-4-6-8-14/h4-8H,9-13H2,1-3H3. The van der Waals surface area contributed by atoms with Crippen molar-refractivity contribution in [3.05, 3.63) is 35.9 Å². The summed E-state index contributed by atoms with van der Waals surface area (Å²) in [6.45, 7) is 6.09. The number of carbonyl (C=O) groups excluding carboxylic acids is 2. The fourth-order valence-corrected chi connectivity index (χ4v) is 2.66. The monoisotopic (exact) mass is 304 g/mol. The summed E-state index contributed by atoms with van der Waals surface area (Å²) >= 11 is 0. The molecule has 0 aliphatic carbocycles. The Morgan fingerprint density at radius 2 is 1.77 bits per heavy atom. The van der Waals surface area contributed by atoms with Crippen molar-refractivity contribution in [1.82, 2.24) is 9.80 Å². The van der Waals surface area contributed by atoms with E-state index in [2.05, 4.69) is 0 Å². The van der Waals surface area contributed by atoms with Gasteiger partial charge in [0.25, 0.3) is 0 Å². The fourth-order valence-electron chi connectivity index (χ4n) is 2.66. The molecule has 0 saturated carbocycles. The summed E-state index contributed by atoms with van der Waals surface area (Å²) in [7, 11) is 1.74. The van der Waals surface area contributed by atoms with Gasteiger partial charge in [0.05, 0.1) is 13.2 Å². The summed E-state index contributed by atoms with van der Waals surface area (Å²) in [4.78, 5) is 28.7. The summed E-state index contributed by atoms with van der Waals surface area (Å²) in [5.74, 6) is -0.284. The molecule has 0 aromatic heterocycles. The predicted molar refractivity (Wildman–Crippen MR) is 84.1 cm³/mol. The number of ether oxygens (including phenoxy) is 1. The normalized spacial score (nSPS) is 15.5. The zero-order valence-electron chi connectivity index (χ0n) is 13.5.